The van der Waals surface area contributed by atoms with E-state index in [0.29, 0.717) is 40.9 Å². The van der Waals surface area contributed by atoms with Crippen molar-refractivity contribution in [3.05, 3.63) is 110 Å². The van der Waals surface area contributed by atoms with Crippen LogP contribution >= 0.6 is 12.6 Å². The van der Waals surface area contributed by atoms with Gasteiger partial charge in [0.25, 0.3) is 0 Å². The van der Waals surface area contributed by atoms with E-state index < -0.39 is 0 Å². The minimum absolute atomic E-state index is 0.0159. The zero-order valence-corrected chi connectivity index (χ0v) is 28.6. The summed E-state index contributed by atoms with van der Waals surface area (Å²) < 4.78 is 0. The number of aromatic hydroxyl groups is 4. The van der Waals surface area contributed by atoms with Gasteiger partial charge in [-0.15, -0.1) is 12.6 Å². The molecular weight excluding hydrogens is 577 g/mol. The molecule has 0 radical (unpaired) electrons. The number of hydrogen-bond acceptors (Lipinski definition) is 5. The molecule has 4 nitrogen and oxygen atoms in total. The molecule has 0 bridgehead atoms. The molecule has 0 saturated heterocycles. The van der Waals surface area contributed by atoms with Crippen molar-refractivity contribution in [1.82, 2.24) is 0 Å². The molecule has 0 spiro atoms. The number of aryl methyl sites for hydroxylation is 4. The van der Waals surface area contributed by atoms with E-state index in [4.69, 9.17) is 0 Å². The van der Waals surface area contributed by atoms with Gasteiger partial charge in [0, 0.05) is 17.7 Å². The van der Waals surface area contributed by atoms with E-state index in [9.17, 15) is 20.4 Å². The predicted octanol–water partition coefficient (Wildman–Crippen LogP) is 9.64. The second-order valence-corrected chi connectivity index (χ2v) is 14.9. The fraction of sp³-hybridized carbons (Fsp3) is 0.400. The van der Waals surface area contributed by atoms with Crippen LogP contribution < -0.4 is 0 Å². The lowest BCUT2D eigenvalue weighted by Gasteiger charge is -2.44. The van der Waals surface area contributed by atoms with Crippen molar-refractivity contribution >= 4 is 12.6 Å². The van der Waals surface area contributed by atoms with Gasteiger partial charge in [0.1, 0.15) is 23.0 Å². The number of rotatable bonds is 7. The van der Waals surface area contributed by atoms with E-state index in [2.05, 4.69) is 57.7 Å². The minimum Gasteiger partial charge on any atom is -0.508 e. The Kier molecular flexibility index (Phi) is 8.98. The third-order valence-corrected chi connectivity index (χ3v) is 11.0. The summed E-state index contributed by atoms with van der Waals surface area (Å²) in [6, 6.07) is 18.2. The van der Waals surface area contributed by atoms with Crippen LogP contribution in [0.4, 0.5) is 0 Å². The first-order chi connectivity index (χ1) is 21.1. The number of phenolic OH excluding ortho intramolecular Hbond substituents is 4. The molecule has 1 saturated carbocycles. The van der Waals surface area contributed by atoms with Crippen LogP contribution in [0.1, 0.15) is 102 Å². The van der Waals surface area contributed by atoms with Crippen molar-refractivity contribution in [1.29, 1.82) is 0 Å². The Morgan fingerprint density at radius 1 is 0.689 bits per heavy atom. The first-order valence-corrected chi connectivity index (χ1v) is 16.5. The summed E-state index contributed by atoms with van der Waals surface area (Å²) in [6.07, 6.45) is 5.49. The monoisotopic (exact) mass is 624 g/mol. The van der Waals surface area contributed by atoms with Crippen LogP contribution in [0.15, 0.2) is 59.5 Å². The maximum absolute atomic E-state index is 11.0. The number of thiol groups is 1. The summed E-state index contributed by atoms with van der Waals surface area (Å²) in [6.45, 7) is 14.8. The highest BCUT2D eigenvalue weighted by molar-refractivity contribution is 7.80. The van der Waals surface area contributed by atoms with Gasteiger partial charge in [0.05, 0.1) is 0 Å². The van der Waals surface area contributed by atoms with Crippen LogP contribution in [0.5, 0.6) is 23.0 Å². The zero-order chi connectivity index (χ0) is 32.8. The van der Waals surface area contributed by atoms with Crippen LogP contribution in [0.25, 0.3) is 0 Å². The van der Waals surface area contributed by atoms with Crippen molar-refractivity contribution in [2.24, 2.45) is 5.92 Å². The van der Waals surface area contributed by atoms with Crippen LogP contribution in [0, 0.1) is 33.6 Å². The highest BCUT2D eigenvalue weighted by atomic mass is 32.1. The number of benzene rings is 4. The molecule has 0 heterocycles. The molecule has 4 aromatic carbocycles. The van der Waals surface area contributed by atoms with Crippen LogP contribution in [0.2, 0.25) is 0 Å². The molecule has 5 heteroatoms. The van der Waals surface area contributed by atoms with Gasteiger partial charge < -0.3 is 20.4 Å². The minimum atomic E-state index is -0.0825. The molecule has 45 heavy (non-hydrogen) atoms. The average molecular weight is 625 g/mol. The predicted molar refractivity (Wildman–Crippen MR) is 187 cm³/mol. The second kappa shape index (κ2) is 12.3. The highest BCUT2D eigenvalue weighted by Crippen LogP contribution is 2.49. The Morgan fingerprint density at radius 3 is 1.87 bits per heavy atom. The quantitative estimate of drug-likeness (QED) is 0.133. The molecule has 0 atom stereocenters. The number of phenols is 4. The summed E-state index contributed by atoms with van der Waals surface area (Å²) in [7, 11) is 0. The van der Waals surface area contributed by atoms with E-state index >= 15 is 0 Å². The van der Waals surface area contributed by atoms with Crippen molar-refractivity contribution in [2.45, 2.75) is 103 Å². The lowest BCUT2D eigenvalue weighted by atomic mass is 9.60. The smallest absolute Gasteiger partial charge is 0.131 e. The maximum atomic E-state index is 11.0. The largest absolute Gasteiger partial charge is 0.508 e. The second-order valence-electron chi connectivity index (χ2n) is 14.4. The summed E-state index contributed by atoms with van der Waals surface area (Å²) >= 11 is 4.44. The Bertz CT molecular complexity index is 1720. The SMILES string of the molecule is Cc1cc(Cc2cc(C3(C)CCC(C(C)(C)c4cc(C)c(O)c(Cc5cc(C)c(O)c(S)c5)c4)CC3)cc(C)c2O)ccc1O. The Morgan fingerprint density at radius 2 is 1.24 bits per heavy atom. The van der Waals surface area contributed by atoms with Crippen molar-refractivity contribution in [3.63, 3.8) is 0 Å². The van der Waals surface area contributed by atoms with E-state index in [1.54, 1.807) is 6.07 Å². The van der Waals surface area contributed by atoms with Gasteiger partial charge in [-0.05, 0) is 138 Å². The molecule has 0 aromatic heterocycles. The molecule has 0 amide bonds. The van der Waals surface area contributed by atoms with Gasteiger partial charge in [-0.3, -0.25) is 0 Å². The molecule has 1 aliphatic carbocycles. The zero-order valence-electron chi connectivity index (χ0n) is 27.8. The Labute approximate surface area is 274 Å². The van der Waals surface area contributed by atoms with Gasteiger partial charge in [0.2, 0.25) is 0 Å². The Hall–Kier alpha value is -3.57. The molecule has 0 aliphatic heterocycles. The van der Waals surface area contributed by atoms with Gasteiger partial charge in [-0.1, -0.05) is 63.2 Å². The first-order valence-electron chi connectivity index (χ1n) is 16.0. The molecule has 4 N–H and O–H groups in total. The average Bonchev–Trinajstić information content (AvgIpc) is 2.98. The summed E-state index contributed by atoms with van der Waals surface area (Å²) in [5.74, 6) is 1.67. The third-order valence-electron chi connectivity index (χ3n) is 10.7. The van der Waals surface area contributed by atoms with Crippen LogP contribution in [-0.2, 0) is 23.7 Å². The Balaban J connectivity index is 1.36. The van der Waals surface area contributed by atoms with Gasteiger partial charge in [-0.2, -0.15) is 0 Å². The van der Waals surface area contributed by atoms with Crippen LogP contribution in [0.3, 0.4) is 0 Å². The summed E-state index contributed by atoms with van der Waals surface area (Å²) in [5.41, 5.74) is 9.78. The molecule has 1 fully saturated rings. The lowest BCUT2D eigenvalue weighted by Crippen LogP contribution is -2.37. The van der Waals surface area contributed by atoms with Crippen LogP contribution in [-0.4, -0.2) is 20.4 Å². The summed E-state index contributed by atoms with van der Waals surface area (Å²) in [5, 5.41) is 42.1. The molecule has 5 rings (SSSR count). The maximum Gasteiger partial charge on any atom is 0.131 e. The first kappa shape index (κ1) is 32.8. The topological polar surface area (TPSA) is 80.9 Å². The van der Waals surface area contributed by atoms with Gasteiger partial charge in [-0.25, -0.2) is 0 Å². The van der Waals surface area contributed by atoms with Crippen molar-refractivity contribution in [3.8, 4) is 23.0 Å². The molecule has 238 valence electrons. The van der Waals surface area contributed by atoms with Crippen molar-refractivity contribution in [2.75, 3.05) is 0 Å². The molecular formula is C40H48O4S. The standard InChI is InChI=1S/C40H48O4S/c1-23-14-27(8-9-34(23)41)18-29-22-33(17-26(4)37(29)43)40(7)12-10-31(11-13-40)39(5,6)32-16-25(3)36(42)30(21-32)19-28-15-24(2)38(44)35(45)20-28/h8-9,14-17,20-22,31,41-45H,10-13,18-19H2,1-7H3. The van der Waals surface area contributed by atoms with E-state index in [0.717, 1.165) is 70.2 Å². The van der Waals surface area contributed by atoms with Gasteiger partial charge in [0.15, 0.2) is 0 Å². The number of hydrogen-bond donors (Lipinski definition) is 5. The van der Waals surface area contributed by atoms with E-state index in [1.165, 1.54) is 11.1 Å². The molecule has 4 aromatic rings. The van der Waals surface area contributed by atoms with Gasteiger partial charge >= 0.3 is 0 Å². The van der Waals surface area contributed by atoms with E-state index in [-0.39, 0.29) is 16.6 Å². The molecule has 0 unspecified atom stereocenters. The third kappa shape index (κ3) is 6.56. The highest BCUT2D eigenvalue weighted by Gasteiger charge is 2.40. The fourth-order valence-electron chi connectivity index (χ4n) is 7.40. The van der Waals surface area contributed by atoms with E-state index in [1.807, 2.05) is 52.0 Å². The van der Waals surface area contributed by atoms with Crippen molar-refractivity contribution < 1.29 is 20.4 Å². The normalized spacial score (nSPS) is 18.7. The fourth-order valence-corrected chi connectivity index (χ4v) is 7.74. The molecule has 1 aliphatic rings. The lowest BCUT2D eigenvalue weighted by molar-refractivity contribution is 0.178. The summed E-state index contributed by atoms with van der Waals surface area (Å²) in [4.78, 5) is 0.550.